The normalized spacial score (nSPS) is 23.2. The summed E-state index contributed by atoms with van der Waals surface area (Å²) in [5.41, 5.74) is -0.584. The molecule has 0 aromatic carbocycles. The molecule has 1 unspecified atom stereocenters. The molecule has 0 aromatic heterocycles. The number of esters is 1. The Bertz CT molecular complexity index is 274. The monoisotopic (exact) mass is 241 g/mol. The number of hydrogen-bond donors (Lipinski definition) is 1. The Hall–Kier alpha value is -0.610. The summed E-state index contributed by atoms with van der Waals surface area (Å²) in [6.07, 6.45) is 5.61. The van der Waals surface area contributed by atoms with Crippen LogP contribution in [0.2, 0.25) is 0 Å². The molecule has 0 radical (unpaired) electrons. The van der Waals surface area contributed by atoms with Crippen LogP contribution in [0.15, 0.2) is 0 Å². The lowest BCUT2D eigenvalue weighted by Gasteiger charge is -2.28. The largest absolute Gasteiger partial charge is 0.468 e. The van der Waals surface area contributed by atoms with Crippen molar-refractivity contribution in [2.24, 2.45) is 5.92 Å². The maximum absolute atomic E-state index is 11.8. The van der Waals surface area contributed by atoms with Gasteiger partial charge in [0.1, 0.15) is 5.54 Å². The molecule has 1 atom stereocenters. The summed E-state index contributed by atoms with van der Waals surface area (Å²) in [6, 6.07) is 0.488. The van der Waals surface area contributed by atoms with Crippen molar-refractivity contribution in [2.45, 2.75) is 50.6 Å². The number of hydrogen-bond acceptors (Lipinski definition) is 4. The van der Waals surface area contributed by atoms with Gasteiger partial charge in [-0.2, -0.15) is 0 Å². The first-order chi connectivity index (χ1) is 8.14. The quantitative estimate of drug-likeness (QED) is 0.516. The van der Waals surface area contributed by atoms with Gasteiger partial charge in [0, 0.05) is 19.3 Å². The molecular weight excluding hydrogens is 218 g/mol. The highest BCUT2D eigenvalue weighted by Crippen LogP contribution is 2.29. The molecule has 0 bridgehead atoms. The number of ether oxygens (including phenoxy) is 2. The molecule has 0 aromatic rings. The average Bonchev–Trinajstić information content (AvgIpc) is 3.17. The van der Waals surface area contributed by atoms with E-state index < -0.39 is 5.54 Å². The van der Waals surface area contributed by atoms with Crippen molar-refractivity contribution in [1.82, 2.24) is 5.32 Å². The van der Waals surface area contributed by atoms with Crippen molar-refractivity contribution >= 4 is 5.97 Å². The predicted molar refractivity (Wildman–Crippen MR) is 64.7 cm³/mol. The van der Waals surface area contributed by atoms with Crippen LogP contribution in [0.5, 0.6) is 0 Å². The first kappa shape index (κ1) is 12.8. The summed E-state index contributed by atoms with van der Waals surface area (Å²) in [5, 5.41) is 3.37. The molecule has 0 amide bonds. The molecule has 17 heavy (non-hydrogen) atoms. The van der Waals surface area contributed by atoms with Gasteiger partial charge in [-0.1, -0.05) is 0 Å². The second kappa shape index (κ2) is 5.36. The number of rotatable bonds is 8. The maximum atomic E-state index is 11.8. The molecule has 98 valence electrons. The van der Waals surface area contributed by atoms with Crippen molar-refractivity contribution in [3.8, 4) is 0 Å². The van der Waals surface area contributed by atoms with E-state index in [1.807, 2.05) is 6.92 Å². The Morgan fingerprint density at radius 1 is 1.35 bits per heavy atom. The highest BCUT2D eigenvalue weighted by molar-refractivity contribution is 5.80. The maximum Gasteiger partial charge on any atom is 0.325 e. The van der Waals surface area contributed by atoms with Gasteiger partial charge in [0.05, 0.1) is 7.11 Å². The second-order valence-electron chi connectivity index (χ2n) is 5.51. The van der Waals surface area contributed by atoms with Gasteiger partial charge >= 0.3 is 5.97 Å². The summed E-state index contributed by atoms with van der Waals surface area (Å²) in [5.74, 6) is 0.593. The highest BCUT2D eigenvalue weighted by Gasteiger charge is 2.39. The third-order valence-electron chi connectivity index (χ3n) is 3.53. The van der Waals surface area contributed by atoms with Crippen LogP contribution in [0.1, 0.15) is 39.0 Å². The SMILES string of the molecule is COC(=O)C(C)(CCOCC1CC1)NC1CC1. The molecule has 2 aliphatic carbocycles. The van der Waals surface area contributed by atoms with Gasteiger partial charge in [0.25, 0.3) is 0 Å². The molecule has 2 rings (SSSR count). The van der Waals surface area contributed by atoms with E-state index in [9.17, 15) is 4.79 Å². The van der Waals surface area contributed by atoms with E-state index in [1.165, 1.54) is 20.0 Å². The van der Waals surface area contributed by atoms with E-state index in [0.717, 1.165) is 25.4 Å². The number of carbonyl (C=O) groups is 1. The summed E-state index contributed by atoms with van der Waals surface area (Å²) in [7, 11) is 1.44. The number of nitrogens with one attached hydrogen (secondary N) is 1. The lowest BCUT2D eigenvalue weighted by molar-refractivity contribution is -0.149. The predicted octanol–water partition coefficient (Wildman–Crippen LogP) is 1.49. The van der Waals surface area contributed by atoms with Crippen LogP contribution in [-0.2, 0) is 14.3 Å². The molecule has 0 spiro atoms. The summed E-state index contributed by atoms with van der Waals surface area (Å²) < 4.78 is 10.5. The fourth-order valence-corrected chi connectivity index (χ4v) is 1.95. The summed E-state index contributed by atoms with van der Waals surface area (Å²) in [4.78, 5) is 11.8. The average molecular weight is 241 g/mol. The van der Waals surface area contributed by atoms with E-state index in [2.05, 4.69) is 5.32 Å². The summed E-state index contributed by atoms with van der Waals surface area (Å²) in [6.45, 7) is 3.39. The van der Waals surface area contributed by atoms with Gasteiger partial charge in [-0.05, 0) is 44.9 Å². The standard InChI is InChI=1S/C13H23NO3/c1-13(12(15)16-2,14-11-5-6-11)7-8-17-9-10-3-4-10/h10-11,14H,3-9H2,1-2H3. The fourth-order valence-electron chi connectivity index (χ4n) is 1.95. The van der Waals surface area contributed by atoms with Gasteiger partial charge in [-0.3, -0.25) is 10.1 Å². The molecule has 0 heterocycles. The van der Waals surface area contributed by atoms with Crippen LogP contribution in [0.3, 0.4) is 0 Å². The molecule has 2 saturated carbocycles. The number of carbonyl (C=O) groups excluding carboxylic acids is 1. The third-order valence-corrected chi connectivity index (χ3v) is 3.53. The zero-order valence-electron chi connectivity index (χ0n) is 10.8. The Labute approximate surface area is 103 Å². The van der Waals surface area contributed by atoms with Crippen LogP contribution in [0, 0.1) is 5.92 Å². The lowest BCUT2D eigenvalue weighted by Crippen LogP contribution is -2.52. The van der Waals surface area contributed by atoms with E-state index in [1.54, 1.807) is 0 Å². The van der Waals surface area contributed by atoms with Gasteiger partial charge < -0.3 is 9.47 Å². The van der Waals surface area contributed by atoms with Crippen LogP contribution in [-0.4, -0.2) is 37.9 Å². The minimum atomic E-state index is -0.584. The zero-order chi connectivity index (χ0) is 12.3. The van der Waals surface area contributed by atoms with E-state index in [0.29, 0.717) is 19.1 Å². The first-order valence-corrected chi connectivity index (χ1v) is 6.58. The van der Waals surface area contributed by atoms with Crippen molar-refractivity contribution in [3.63, 3.8) is 0 Å². The Morgan fingerprint density at radius 3 is 2.59 bits per heavy atom. The molecule has 4 nitrogen and oxygen atoms in total. The second-order valence-corrected chi connectivity index (χ2v) is 5.51. The van der Waals surface area contributed by atoms with Crippen molar-refractivity contribution in [2.75, 3.05) is 20.3 Å². The minimum Gasteiger partial charge on any atom is -0.468 e. The van der Waals surface area contributed by atoms with Crippen LogP contribution in [0.4, 0.5) is 0 Å². The molecule has 0 saturated heterocycles. The molecule has 1 N–H and O–H groups in total. The van der Waals surface area contributed by atoms with Crippen LogP contribution >= 0.6 is 0 Å². The third kappa shape index (κ3) is 3.96. The Balaban J connectivity index is 1.73. The molecular formula is C13H23NO3. The Morgan fingerprint density at radius 2 is 2.06 bits per heavy atom. The first-order valence-electron chi connectivity index (χ1n) is 6.58. The molecule has 4 heteroatoms. The topological polar surface area (TPSA) is 47.6 Å². The smallest absolute Gasteiger partial charge is 0.325 e. The van der Waals surface area contributed by atoms with E-state index in [4.69, 9.17) is 9.47 Å². The van der Waals surface area contributed by atoms with Crippen LogP contribution < -0.4 is 5.32 Å². The molecule has 0 aliphatic heterocycles. The number of methoxy groups -OCH3 is 1. The van der Waals surface area contributed by atoms with E-state index in [-0.39, 0.29) is 5.97 Å². The molecule has 2 aliphatic rings. The molecule has 2 fully saturated rings. The fraction of sp³-hybridized carbons (Fsp3) is 0.923. The van der Waals surface area contributed by atoms with E-state index >= 15 is 0 Å². The van der Waals surface area contributed by atoms with Gasteiger partial charge in [0.2, 0.25) is 0 Å². The zero-order valence-corrected chi connectivity index (χ0v) is 10.8. The Kier molecular flexibility index (Phi) is 4.05. The van der Waals surface area contributed by atoms with Gasteiger partial charge in [-0.15, -0.1) is 0 Å². The van der Waals surface area contributed by atoms with Crippen LogP contribution in [0.25, 0.3) is 0 Å². The van der Waals surface area contributed by atoms with Crippen molar-refractivity contribution < 1.29 is 14.3 Å². The summed E-state index contributed by atoms with van der Waals surface area (Å²) >= 11 is 0. The minimum absolute atomic E-state index is 0.181. The van der Waals surface area contributed by atoms with Crippen molar-refractivity contribution in [3.05, 3.63) is 0 Å². The van der Waals surface area contributed by atoms with Gasteiger partial charge in [-0.25, -0.2) is 0 Å². The highest BCUT2D eigenvalue weighted by atomic mass is 16.5. The lowest BCUT2D eigenvalue weighted by atomic mass is 9.98. The van der Waals surface area contributed by atoms with Crippen molar-refractivity contribution in [1.29, 1.82) is 0 Å². The van der Waals surface area contributed by atoms with Gasteiger partial charge in [0.15, 0.2) is 0 Å².